The van der Waals surface area contributed by atoms with Crippen LogP contribution in [-0.2, 0) is 4.74 Å². The Hall–Kier alpha value is -1.88. The number of para-hydroxylation sites is 2. The van der Waals surface area contributed by atoms with E-state index in [0.29, 0.717) is 18.5 Å². The van der Waals surface area contributed by atoms with Gasteiger partial charge in [-0.3, -0.25) is 0 Å². The number of ether oxygens (including phenoxy) is 1. The summed E-state index contributed by atoms with van der Waals surface area (Å²) in [5.74, 6) is 1.25. The second kappa shape index (κ2) is 7.22. The standard InChI is InChI=1S/C16H24N4O/c1-4-12(5-2)20(10-11-21-3)16-15(17)18-13-8-6-7-9-14(13)19-16/h6-9,12H,4-5,10-11H2,1-3H3,(H2,17,18). The number of methoxy groups -OCH3 is 1. The third-order valence-electron chi connectivity index (χ3n) is 3.77. The molecule has 1 aromatic carbocycles. The van der Waals surface area contributed by atoms with Crippen LogP contribution in [0.5, 0.6) is 0 Å². The number of hydrogen-bond donors (Lipinski definition) is 1. The lowest BCUT2D eigenvalue weighted by Crippen LogP contribution is -2.38. The van der Waals surface area contributed by atoms with E-state index in [1.165, 1.54) is 0 Å². The maximum absolute atomic E-state index is 6.15. The van der Waals surface area contributed by atoms with Gasteiger partial charge in [0.25, 0.3) is 0 Å². The molecule has 0 aliphatic heterocycles. The van der Waals surface area contributed by atoms with Crippen LogP contribution in [-0.4, -0.2) is 36.3 Å². The van der Waals surface area contributed by atoms with Crippen molar-refractivity contribution in [3.8, 4) is 0 Å². The van der Waals surface area contributed by atoms with E-state index in [-0.39, 0.29) is 0 Å². The molecule has 0 saturated heterocycles. The summed E-state index contributed by atoms with van der Waals surface area (Å²) in [5, 5.41) is 0. The van der Waals surface area contributed by atoms with Crippen molar-refractivity contribution in [3.05, 3.63) is 24.3 Å². The highest BCUT2D eigenvalue weighted by molar-refractivity contribution is 5.79. The van der Waals surface area contributed by atoms with Crippen molar-refractivity contribution in [2.75, 3.05) is 30.9 Å². The smallest absolute Gasteiger partial charge is 0.172 e. The van der Waals surface area contributed by atoms with Crippen LogP contribution in [0.15, 0.2) is 24.3 Å². The summed E-state index contributed by atoms with van der Waals surface area (Å²) in [7, 11) is 1.71. The Bertz CT molecular complexity index is 583. The molecule has 0 spiro atoms. The van der Waals surface area contributed by atoms with Gasteiger partial charge in [-0.1, -0.05) is 26.0 Å². The van der Waals surface area contributed by atoms with Crippen molar-refractivity contribution in [1.29, 1.82) is 0 Å². The van der Waals surface area contributed by atoms with Crippen molar-refractivity contribution in [1.82, 2.24) is 9.97 Å². The largest absolute Gasteiger partial charge is 0.383 e. The maximum Gasteiger partial charge on any atom is 0.172 e. The fourth-order valence-electron chi connectivity index (χ4n) is 2.60. The van der Waals surface area contributed by atoms with Gasteiger partial charge in [-0.15, -0.1) is 0 Å². The molecule has 1 heterocycles. The van der Waals surface area contributed by atoms with Crippen molar-refractivity contribution >= 4 is 22.7 Å². The van der Waals surface area contributed by atoms with Crippen molar-refractivity contribution < 1.29 is 4.74 Å². The Kier molecular flexibility index (Phi) is 5.33. The van der Waals surface area contributed by atoms with Gasteiger partial charge in [-0.05, 0) is 25.0 Å². The van der Waals surface area contributed by atoms with Crippen molar-refractivity contribution in [2.45, 2.75) is 32.7 Å². The van der Waals surface area contributed by atoms with Crippen LogP contribution >= 0.6 is 0 Å². The number of benzene rings is 1. The normalized spacial score (nSPS) is 11.2. The minimum Gasteiger partial charge on any atom is -0.383 e. The summed E-state index contributed by atoms with van der Waals surface area (Å²) in [4.78, 5) is 11.4. The van der Waals surface area contributed by atoms with Gasteiger partial charge >= 0.3 is 0 Å². The average molecular weight is 288 g/mol. The van der Waals surface area contributed by atoms with Gasteiger partial charge in [-0.25, -0.2) is 9.97 Å². The van der Waals surface area contributed by atoms with Gasteiger partial charge in [0.2, 0.25) is 0 Å². The summed E-state index contributed by atoms with van der Waals surface area (Å²) >= 11 is 0. The highest BCUT2D eigenvalue weighted by atomic mass is 16.5. The van der Waals surface area contributed by atoms with Gasteiger partial charge in [0.1, 0.15) is 0 Å². The molecule has 21 heavy (non-hydrogen) atoms. The molecule has 1 aromatic heterocycles. The lowest BCUT2D eigenvalue weighted by molar-refractivity contribution is 0.202. The molecule has 0 bridgehead atoms. The molecule has 0 atom stereocenters. The number of rotatable bonds is 7. The second-order valence-corrected chi connectivity index (χ2v) is 5.08. The number of fused-ring (bicyclic) bond motifs is 1. The van der Waals surface area contributed by atoms with E-state index in [4.69, 9.17) is 15.5 Å². The quantitative estimate of drug-likeness (QED) is 0.848. The molecule has 114 valence electrons. The number of nitrogen functional groups attached to an aromatic ring is 1. The van der Waals surface area contributed by atoms with Gasteiger partial charge < -0.3 is 15.4 Å². The first-order valence-corrected chi connectivity index (χ1v) is 7.49. The third kappa shape index (κ3) is 3.42. The predicted octanol–water partition coefficient (Wildman–Crippen LogP) is 2.85. The fraction of sp³-hybridized carbons (Fsp3) is 0.500. The molecular weight excluding hydrogens is 264 g/mol. The Morgan fingerprint density at radius 2 is 1.76 bits per heavy atom. The molecule has 0 radical (unpaired) electrons. The van der Waals surface area contributed by atoms with Crippen LogP contribution in [0, 0.1) is 0 Å². The zero-order chi connectivity index (χ0) is 15.2. The number of nitrogens with zero attached hydrogens (tertiary/aromatic N) is 3. The predicted molar refractivity (Wildman–Crippen MR) is 87.5 cm³/mol. The van der Waals surface area contributed by atoms with Crippen LogP contribution < -0.4 is 10.6 Å². The minimum absolute atomic E-state index is 0.387. The van der Waals surface area contributed by atoms with E-state index in [2.05, 4.69) is 23.7 Å². The summed E-state index contributed by atoms with van der Waals surface area (Å²) in [6.07, 6.45) is 2.07. The van der Waals surface area contributed by atoms with E-state index in [9.17, 15) is 0 Å². The van der Waals surface area contributed by atoms with Crippen LogP contribution in [0.2, 0.25) is 0 Å². The summed E-state index contributed by atoms with van der Waals surface area (Å²) < 4.78 is 5.23. The van der Waals surface area contributed by atoms with E-state index >= 15 is 0 Å². The van der Waals surface area contributed by atoms with Crippen molar-refractivity contribution in [2.24, 2.45) is 0 Å². The van der Waals surface area contributed by atoms with Crippen LogP contribution in [0.25, 0.3) is 11.0 Å². The summed E-state index contributed by atoms with van der Waals surface area (Å²) in [5.41, 5.74) is 7.85. The number of hydrogen-bond acceptors (Lipinski definition) is 5. The summed E-state index contributed by atoms with van der Waals surface area (Å²) in [6.45, 7) is 5.77. The highest BCUT2D eigenvalue weighted by Gasteiger charge is 2.20. The van der Waals surface area contributed by atoms with E-state index in [1.807, 2.05) is 24.3 Å². The Morgan fingerprint density at radius 3 is 2.33 bits per heavy atom. The number of anilines is 2. The zero-order valence-corrected chi connectivity index (χ0v) is 13.0. The molecule has 2 N–H and O–H groups in total. The SMILES string of the molecule is CCC(CC)N(CCOC)c1nc2ccccc2nc1N. The van der Waals surface area contributed by atoms with E-state index in [0.717, 1.165) is 36.2 Å². The van der Waals surface area contributed by atoms with Crippen LogP contribution in [0.1, 0.15) is 26.7 Å². The highest BCUT2D eigenvalue weighted by Crippen LogP contribution is 2.25. The third-order valence-corrected chi connectivity index (χ3v) is 3.77. The zero-order valence-electron chi connectivity index (χ0n) is 13.0. The Morgan fingerprint density at radius 1 is 1.14 bits per heavy atom. The first-order chi connectivity index (χ1) is 10.2. The molecule has 2 rings (SSSR count). The molecule has 0 unspecified atom stereocenters. The van der Waals surface area contributed by atoms with Gasteiger partial charge in [-0.2, -0.15) is 0 Å². The molecule has 0 amide bonds. The lowest BCUT2D eigenvalue weighted by atomic mass is 10.1. The molecule has 5 heteroatoms. The first-order valence-electron chi connectivity index (χ1n) is 7.49. The topological polar surface area (TPSA) is 64.3 Å². The Labute approximate surface area is 126 Å². The molecule has 5 nitrogen and oxygen atoms in total. The van der Waals surface area contributed by atoms with Crippen LogP contribution in [0.3, 0.4) is 0 Å². The molecule has 0 saturated carbocycles. The monoisotopic (exact) mass is 288 g/mol. The fourth-order valence-corrected chi connectivity index (χ4v) is 2.60. The second-order valence-electron chi connectivity index (χ2n) is 5.08. The molecular formula is C16H24N4O. The number of nitrogens with two attached hydrogens (primary N) is 1. The average Bonchev–Trinajstić information content (AvgIpc) is 2.51. The summed E-state index contributed by atoms with van der Waals surface area (Å²) in [6, 6.07) is 8.19. The first kappa shape index (κ1) is 15.5. The van der Waals surface area contributed by atoms with Crippen LogP contribution in [0.4, 0.5) is 11.6 Å². The van der Waals surface area contributed by atoms with E-state index < -0.39 is 0 Å². The molecule has 0 aliphatic rings. The molecule has 2 aromatic rings. The van der Waals surface area contributed by atoms with Crippen molar-refractivity contribution in [3.63, 3.8) is 0 Å². The maximum atomic E-state index is 6.15. The molecule has 0 fully saturated rings. The van der Waals surface area contributed by atoms with Gasteiger partial charge in [0.05, 0.1) is 17.6 Å². The number of aromatic nitrogens is 2. The Balaban J connectivity index is 2.44. The lowest BCUT2D eigenvalue weighted by Gasteiger charge is -2.32. The molecule has 0 aliphatic carbocycles. The van der Waals surface area contributed by atoms with Gasteiger partial charge in [0.15, 0.2) is 11.6 Å². The van der Waals surface area contributed by atoms with Gasteiger partial charge in [0, 0.05) is 19.7 Å². The minimum atomic E-state index is 0.387. The van der Waals surface area contributed by atoms with E-state index in [1.54, 1.807) is 7.11 Å².